The van der Waals surface area contributed by atoms with Gasteiger partial charge in [-0.2, -0.15) is 0 Å². The summed E-state index contributed by atoms with van der Waals surface area (Å²) in [7, 11) is 0. The van der Waals surface area contributed by atoms with E-state index in [1.807, 2.05) is 12.1 Å². The molecule has 1 aromatic carbocycles. The number of halogens is 1. The molecular formula is C17H27FN2S. The third kappa shape index (κ3) is 5.97. The number of hydrogen-bond donors (Lipinski definition) is 1. The topological polar surface area (TPSA) is 15.3 Å². The molecule has 0 aliphatic carbocycles. The van der Waals surface area contributed by atoms with E-state index in [4.69, 9.17) is 0 Å². The fraction of sp³-hybridized carbons (Fsp3) is 0.647. The second-order valence-corrected chi connectivity index (χ2v) is 7.36. The summed E-state index contributed by atoms with van der Waals surface area (Å²) < 4.78 is 13.6. The van der Waals surface area contributed by atoms with E-state index in [0.29, 0.717) is 12.0 Å². The minimum Gasteiger partial charge on any atom is -0.313 e. The molecule has 1 aliphatic rings. The van der Waals surface area contributed by atoms with Crippen molar-refractivity contribution < 1.29 is 4.39 Å². The third-order valence-corrected chi connectivity index (χ3v) is 4.79. The molecule has 2 nitrogen and oxygen atoms in total. The zero-order valence-electron chi connectivity index (χ0n) is 13.1. The first-order valence-corrected chi connectivity index (χ1v) is 8.97. The largest absolute Gasteiger partial charge is 0.313 e. The first-order valence-electron chi connectivity index (χ1n) is 7.98. The molecule has 0 aromatic heterocycles. The van der Waals surface area contributed by atoms with Crippen molar-refractivity contribution in [2.45, 2.75) is 37.6 Å². The summed E-state index contributed by atoms with van der Waals surface area (Å²) in [5.41, 5.74) is 0. The molecule has 1 fully saturated rings. The van der Waals surface area contributed by atoms with Crippen LogP contribution in [-0.2, 0) is 0 Å². The van der Waals surface area contributed by atoms with Crippen LogP contribution in [0.2, 0.25) is 0 Å². The lowest BCUT2D eigenvalue weighted by molar-refractivity contribution is 0.236. The lowest BCUT2D eigenvalue weighted by atomic mass is 10.1. The average molecular weight is 310 g/mol. The highest BCUT2D eigenvalue weighted by atomic mass is 32.2. The van der Waals surface area contributed by atoms with E-state index in [-0.39, 0.29) is 5.82 Å². The molecule has 4 heteroatoms. The van der Waals surface area contributed by atoms with Crippen molar-refractivity contribution >= 4 is 11.8 Å². The van der Waals surface area contributed by atoms with Gasteiger partial charge in [-0.3, -0.25) is 0 Å². The van der Waals surface area contributed by atoms with Crippen LogP contribution in [0.5, 0.6) is 0 Å². The Bertz CT molecular complexity index is 419. The van der Waals surface area contributed by atoms with Crippen LogP contribution in [-0.4, -0.2) is 42.9 Å². The van der Waals surface area contributed by atoms with Gasteiger partial charge in [0.15, 0.2) is 0 Å². The molecule has 0 spiro atoms. The highest BCUT2D eigenvalue weighted by molar-refractivity contribution is 7.99. The monoisotopic (exact) mass is 310 g/mol. The van der Waals surface area contributed by atoms with Gasteiger partial charge in [-0.1, -0.05) is 26.0 Å². The summed E-state index contributed by atoms with van der Waals surface area (Å²) in [6.45, 7) is 8.95. The van der Waals surface area contributed by atoms with Gasteiger partial charge in [-0.25, -0.2) is 4.39 Å². The van der Waals surface area contributed by atoms with Crippen molar-refractivity contribution in [1.82, 2.24) is 10.2 Å². The molecule has 1 saturated heterocycles. The molecule has 0 radical (unpaired) electrons. The van der Waals surface area contributed by atoms with Gasteiger partial charge in [0.2, 0.25) is 0 Å². The van der Waals surface area contributed by atoms with Crippen LogP contribution in [0.15, 0.2) is 29.2 Å². The first kappa shape index (κ1) is 16.8. The molecule has 21 heavy (non-hydrogen) atoms. The van der Waals surface area contributed by atoms with E-state index in [2.05, 4.69) is 24.1 Å². The van der Waals surface area contributed by atoms with Crippen LogP contribution in [0.1, 0.15) is 26.7 Å². The molecule has 1 unspecified atom stereocenters. The number of nitrogens with one attached hydrogen (secondary N) is 1. The van der Waals surface area contributed by atoms with Crippen molar-refractivity contribution in [1.29, 1.82) is 0 Å². The quantitative estimate of drug-likeness (QED) is 0.738. The van der Waals surface area contributed by atoms with E-state index in [1.165, 1.54) is 18.9 Å². The van der Waals surface area contributed by atoms with Gasteiger partial charge in [0.05, 0.1) is 0 Å². The van der Waals surface area contributed by atoms with Gasteiger partial charge in [0.1, 0.15) is 5.82 Å². The van der Waals surface area contributed by atoms with Crippen LogP contribution in [0.3, 0.4) is 0 Å². The van der Waals surface area contributed by atoms with Crippen molar-refractivity contribution in [3.8, 4) is 0 Å². The smallest absolute Gasteiger partial charge is 0.136 e. The summed E-state index contributed by atoms with van der Waals surface area (Å²) in [4.78, 5) is 3.29. The third-order valence-electron chi connectivity index (χ3n) is 3.77. The lowest BCUT2D eigenvalue weighted by Gasteiger charge is -2.27. The zero-order valence-corrected chi connectivity index (χ0v) is 14.0. The van der Waals surface area contributed by atoms with Crippen LogP contribution in [0.4, 0.5) is 4.39 Å². The predicted molar refractivity (Wildman–Crippen MR) is 89.4 cm³/mol. The van der Waals surface area contributed by atoms with Crippen LogP contribution >= 0.6 is 11.8 Å². The Labute approximate surface area is 132 Å². The summed E-state index contributed by atoms with van der Waals surface area (Å²) in [5.74, 6) is 1.51. The van der Waals surface area contributed by atoms with E-state index in [0.717, 1.165) is 36.8 Å². The molecule has 0 saturated carbocycles. The molecular weight excluding hydrogens is 283 g/mol. The van der Waals surface area contributed by atoms with Gasteiger partial charge in [-0.05, 0) is 37.4 Å². The summed E-state index contributed by atoms with van der Waals surface area (Å²) in [6.07, 6.45) is 2.58. The Morgan fingerprint density at radius 2 is 2.19 bits per heavy atom. The Morgan fingerprint density at radius 1 is 1.38 bits per heavy atom. The number of benzene rings is 1. The number of hydrogen-bond acceptors (Lipinski definition) is 3. The Morgan fingerprint density at radius 3 is 2.86 bits per heavy atom. The minimum atomic E-state index is -0.102. The lowest BCUT2D eigenvalue weighted by Crippen LogP contribution is -2.40. The van der Waals surface area contributed by atoms with E-state index >= 15 is 0 Å². The number of rotatable bonds is 8. The van der Waals surface area contributed by atoms with Crippen LogP contribution in [0, 0.1) is 11.7 Å². The Kier molecular flexibility index (Phi) is 7.00. The van der Waals surface area contributed by atoms with E-state index < -0.39 is 0 Å². The molecule has 1 aliphatic heterocycles. The number of thioether (sulfide) groups is 1. The molecule has 0 amide bonds. The van der Waals surface area contributed by atoms with Crippen molar-refractivity contribution in [3.63, 3.8) is 0 Å². The molecule has 1 heterocycles. The maximum Gasteiger partial charge on any atom is 0.136 e. The molecule has 118 valence electrons. The van der Waals surface area contributed by atoms with Gasteiger partial charge >= 0.3 is 0 Å². The molecule has 2 rings (SSSR count). The van der Waals surface area contributed by atoms with E-state index in [9.17, 15) is 4.39 Å². The fourth-order valence-corrected chi connectivity index (χ4v) is 3.79. The maximum absolute atomic E-state index is 13.6. The second kappa shape index (κ2) is 8.76. The zero-order chi connectivity index (χ0) is 15.1. The van der Waals surface area contributed by atoms with E-state index in [1.54, 1.807) is 17.8 Å². The number of nitrogens with zero attached hydrogens (tertiary/aromatic N) is 1. The highest BCUT2D eigenvalue weighted by Gasteiger charge is 2.18. The van der Waals surface area contributed by atoms with Gasteiger partial charge in [0.25, 0.3) is 0 Å². The molecule has 1 atom stereocenters. The van der Waals surface area contributed by atoms with Crippen molar-refractivity contribution in [2.24, 2.45) is 5.92 Å². The minimum absolute atomic E-state index is 0.102. The normalized spacial score (nSPS) is 18.8. The highest BCUT2D eigenvalue weighted by Crippen LogP contribution is 2.21. The van der Waals surface area contributed by atoms with Gasteiger partial charge in [-0.15, -0.1) is 11.8 Å². The summed E-state index contributed by atoms with van der Waals surface area (Å²) in [6, 6.07) is 7.69. The van der Waals surface area contributed by atoms with Crippen molar-refractivity contribution in [2.75, 3.05) is 31.9 Å². The SMILES string of the molecule is CC(C)CN(CCSc1ccccc1F)CC1CCCN1. The standard InChI is InChI=1S/C17H27FN2S/c1-14(2)12-20(13-15-6-5-9-19-15)10-11-21-17-8-4-3-7-16(17)18/h3-4,7-8,14-15,19H,5-6,9-13H2,1-2H3. The summed E-state index contributed by atoms with van der Waals surface area (Å²) >= 11 is 1.62. The predicted octanol–water partition coefficient (Wildman–Crippen LogP) is 3.63. The van der Waals surface area contributed by atoms with Gasteiger partial charge in [0, 0.05) is 36.3 Å². The second-order valence-electron chi connectivity index (χ2n) is 6.23. The van der Waals surface area contributed by atoms with Crippen LogP contribution < -0.4 is 5.32 Å². The maximum atomic E-state index is 13.6. The summed E-state index contributed by atoms with van der Waals surface area (Å²) in [5, 5.41) is 3.57. The molecule has 1 aromatic rings. The first-order chi connectivity index (χ1) is 10.1. The fourth-order valence-electron chi connectivity index (χ4n) is 2.84. The van der Waals surface area contributed by atoms with Crippen LogP contribution in [0.25, 0.3) is 0 Å². The van der Waals surface area contributed by atoms with Gasteiger partial charge < -0.3 is 10.2 Å². The molecule has 1 N–H and O–H groups in total. The Hall–Kier alpha value is -0.580. The van der Waals surface area contributed by atoms with Crippen molar-refractivity contribution in [3.05, 3.63) is 30.1 Å². The average Bonchev–Trinajstić information content (AvgIpc) is 2.93. The Balaban J connectivity index is 1.79. The molecule has 0 bridgehead atoms.